The highest BCUT2D eigenvalue weighted by atomic mass is 32.2. The van der Waals surface area contributed by atoms with Crippen LogP contribution in [0.1, 0.15) is 11.1 Å². The molecule has 19 heavy (non-hydrogen) atoms. The van der Waals surface area contributed by atoms with Crippen LogP contribution in [0.5, 0.6) is 0 Å². The van der Waals surface area contributed by atoms with E-state index in [-0.39, 0.29) is 0 Å². The molecule has 0 aliphatic heterocycles. The largest absolute Gasteiger partial charge is 0.495 e. The van der Waals surface area contributed by atoms with Crippen LogP contribution in [0, 0.1) is 6.92 Å². The fourth-order valence-electron chi connectivity index (χ4n) is 1.67. The van der Waals surface area contributed by atoms with Gasteiger partial charge in [-0.15, -0.1) is 0 Å². The van der Waals surface area contributed by atoms with E-state index in [0.717, 1.165) is 16.0 Å². The van der Waals surface area contributed by atoms with Gasteiger partial charge in [-0.05, 0) is 19.1 Å². The Kier molecular flexibility index (Phi) is 4.53. The first-order valence-corrected chi connectivity index (χ1v) is 7.20. The summed E-state index contributed by atoms with van der Waals surface area (Å²) in [6.07, 6.45) is 0. The van der Waals surface area contributed by atoms with Crippen molar-refractivity contribution in [1.29, 1.82) is 0 Å². The molecule has 0 radical (unpaired) electrons. The first-order chi connectivity index (χ1) is 9.20. The lowest BCUT2D eigenvalue weighted by Gasteiger charge is -2.06. The van der Waals surface area contributed by atoms with Gasteiger partial charge in [0, 0.05) is 10.5 Å². The van der Waals surface area contributed by atoms with Crippen molar-refractivity contribution in [1.82, 2.24) is 0 Å². The Morgan fingerprint density at radius 1 is 1.05 bits per heavy atom. The molecule has 0 saturated heterocycles. The second-order valence-electron chi connectivity index (χ2n) is 4.16. The SMILES string of the molecule is CO/C(=C/S(=O)c1ccc(C)cc1)c1ccccc1. The summed E-state index contributed by atoms with van der Waals surface area (Å²) < 4.78 is 17.6. The molecular weight excluding hydrogens is 256 g/mol. The highest BCUT2D eigenvalue weighted by Gasteiger charge is 2.05. The quantitative estimate of drug-likeness (QED) is 0.792. The molecule has 3 heteroatoms. The van der Waals surface area contributed by atoms with Crippen LogP contribution in [0.15, 0.2) is 64.9 Å². The topological polar surface area (TPSA) is 26.3 Å². The van der Waals surface area contributed by atoms with E-state index in [0.29, 0.717) is 5.76 Å². The van der Waals surface area contributed by atoms with Crippen molar-refractivity contribution in [3.63, 3.8) is 0 Å². The van der Waals surface area contributed by atoms with Crippen molar-refractivity contribution in [3.8, 4) is 0 Å². The Bertz CT molecular complexity index is 586. The first kappa shape index (κ1) is 13.6. The summed E-state index contributed by atoms with van der Waals surface area (Å²) in [6, 6.07) is 17.3. The van der Waals surface area contributed by atoms with Crippen LogP contribution in [0.3, 0.4) is 0 Å². The Labute approximate surface area is 116 Å². The van der Waals surface area contributed by atoms with Gasteiger partial charge < -0.3 is 4.74 Å². The Morgan fingerprint density at radius 3 is 2.26 bits per heavy atom. The minimum absolute atomic E-state index is 0.625. The van der Waals surface area contributed by atoms with Gasteiger partial charge in [-0.2, -0.15) is 0 Å². The number of rotatable bonds is 4. The van der Waals surface area contributed by atoms with E-state index < -0.39 is 10.8 Å². The third kappa shape index (κ3) is 3.55. The summed E-state index contributed by atoms with van der Waals surface area (Å²) in [7, 11) is 0.379. The average molecular weight is 272 g/mol. The van der Waals surface area contributed by atoms with Gasteiger partial charge in [0.05, 0.1) is 23.3 Å². The van der Waals surface area contributed by atoms with Gasteiger partial charge >= 0.3 is 0 Å². The molecule has 2 nitrogen and oxygen atoms in total. The molecular formula is C16H16O2S. The molecule has 0 bridgehead atoms. The molecule has 1 unspecified atom stereocenters. The summed E-state index contributed by atoms with van der Waals surface area (Å²) in [5, 5.41) is 1.64. The van der Waals surface area contributed by atoms with E-state index in [1.165, 1.54) is 0 Å². The number of hydrogen-bond donors (Lipinski definition) is 0. The molecule has 0 fully saturated rings. The second kappa shape index (κ2) is 6.34. The first-order valence-electron chi connectivity index (χ1n) is 5.99. The van der Waals surface area contributed by atoms with E-state index >= 15 is 0 Å². The van der Waals surface area contributed by atoms with Crippen molar-refractivity contribution in [2.75, 3.05) is 7.11 Å². The molecule has 98 valence electrons. The van der Waals surface area contributed by atoms with Gasteiger partial charge in [0.15, 0.2) is 0 Å². The summed E-state index contributed by atoms with van der Waals surface area (Å²) in [6.45, 7) is 2.01. The monoisotopic (exact) mass is 272 g/mol. The third-order valence-electron chi connectivity index (χ3n) is 2.75. The summed E-state index contributed by atoms with van der Waals surface area (Å²) in [4.78, 5) is 0.774. The van der Waals surface area contributed by atoms with E-state index in [1.54, 1.807) is 12.5 Å². The molecule has 0 aromatic heterocycles. The lowest BCUT2D eigenvalue weighted by atomic mass is 10.2. The molecule has 2 aromatic rings. The van der Waals surface area contributed by atoms with Crippen LogP contribution in [-0.4, -0.2) is 11.3 Å². The van der Waals surface area contributed by atoms with Crippen LogP contribution in [0.2, 0.25) is 0 Å². The fraction of sp³-hybridized carbons (Fsp3) is 0.125. The van der Waals surface area contributed by atoms with E-state index in [2.05, 4.69) is 0 Å². The van der Waals surface area contributed by atoms with Crippen LogP contribution in [0.25, 0.3) is 5.76 Å². The minimum Gasteiger partial charge on any atom is -0.495 e. The predicted molar refractivity (Wildman–Crippen MR) is 79.0 cm³/mol. The van der Waals surface area contributed by atoms with Gasteiger partial charge in [0.25, 0.3) is 0 Å². The third-order valence-corrected chi connectivity index (χ3v) is 3.91. The number of benzene rings is 2. The van der Waals surface area contributed by atoms with Crippen LogP contribution >= 0.6 is 0 Å². The predicted octanol–water partition coefficient (Wildman–Crippen LogP) is 3.75. The zero-order valence-corrected chi connectivity index (χ0v) is 11.8. The van der Waals surface area contributed by atoms with Crippen LogP contribution in [-0.2, 0) is 15.5 Å². The van der Waals surface area contributed by atoms with Crippen molar-refractivity contribution in [3.05, 3.63) is 71.1 Å². The highest BCUT2D eigenvalue weighted by Crippen LogP contribution is 2.18. The molecule has 0 aliphatic carbocycles. The zero-order valence-electron chi connectivity index (χ0n) is 11.0. The molecule has 0 aliphatic rings. The highest BCUT2D eigenvalue weighted by molar-refractivity contribution is 7.88. The van der Waals surface area contributed by atoms with Crippen molar-refractivity contribution < 1.29 is 8.95 Å². The van der Waals surface area contributed by atoms with Gasteiger partial charge in [-0.1, -0.05) is 48.0 Å². The van der Waals surface area contributed by atoms with Gasteiger partial charge in [-0.25, -0.2) is 4.21 Å². The molecule has 1 atom stereocenters. The van der Waals surface area contributed by atoms with Crippen molar-refractivity contribution in [2.45, 2.75) is 11.8 Å². The van der Waals surface area contributed by atoms with Crippen molar-refractivity contribution >= 4 is 16.6 Å². The molecule has 0 saturated carbocycles. The average Bonchev–Trinajstić information content (AvgIpc) is 2.46. The van der Waals surface area contributed by atoms with Gasteiger partial charge in [0.1, 0.15) is 5.76 Å². The van der Waals surface area contributed by atoms with E-state index in [1.807, 2.05) is 61.5 Å². The zero-order chi connectivity index (χ0) is 13.7. The molecule has 0 heterocycles. The van der Waals surface area contributed by atoms with Crippen molar-refractivity contribution in [2.24, 2.45) is 0 Å². The molecule has 2 aromatic carbocycles. The number of hydrogen-bond acceptors (Lipinski definition) is 2. The van der Waals surface area contributed by atoms with Gasteiger partial charge in [-0.3, -0.25) is 0 Å². The number of aryl methyl sites for hydroxylation is 1. The Hall–Kier alpha value is -1.87. The lowest BCUT2D eigenvalue weighted by molar-refractivity contribution is 0.371. The maximum Gasteiger partial charge on any atom is 0.135 e. The summed E-state index contributed by atoms with van der Waals surface area (Å²) in [5.74, 6) is 0.625. The fourth-order valence-corrected chi connectivity index (χ4v) is 2.64. The van der Waals surface area contributed by atoms with E-state index in [9.17, 15) is 4.21 Å². The van der Waals surface area contributed by atoms with Gasteiger partial charge in [0.2, 0.25) is 0 Å². The van der Waals surface area contributed by atoms with Crippen LogP contribution in [0.4, 0.5) is 0 Å². The van der Waals surface area contributed by atoms with E-state index in [4.69, 9.17) is 4.74 Å². The lowest BCUT2D eigenvalue weighted by Crippen LogP contribution is -1.92. The Balaban J connectivity index is 2.28. The molecule has 0 N–H and O–H groups in total. The smallest absolute Gasteiger partial charge is 0.135 e. The standard InChI is InChI=1S/C16H16O2S/c1-13-8-10-15(11-9-13)19(17)12-16(18-2)14-6-4-3-5-7-14/h3-12H,1-2H3/b16-12+. The maximum absolute atomic E-state index is 12.3. The second-order valence-corrected chi connectivity index (χ2v) is 5.46. The molecule has 2 rings (SSSR count). The molecule has 0 spiro atoms. The molecule has 0 amide bonds. The normalized spacial score (nSPS) is 13.1. The number of ether oxygens (including phenoxy) is 1. The minimum atomic E-state index is -1.21. The Morgan fingerprint density at radius 2 is 1.68 bits per heavy atom. The van der Waals surface area contributed by atoms with Crippen LogP contribution < -0.4 is 0 Å². The summed E-state index contributed by atoms with van der Waals surface area (Å²) >= 11 is 0. The summed E-state index contributed by atoms with van der Waals surface area (Å²) in [5.41, 5.74) is 2.07. The number of methoxy groups -OCH3 is 1. The maximum atomic E-state index is 12.3.